The van der Waals surface area contributed by atoms with E-state index in [9.17, 15) is 0 Å². The van der Waals surface area contributed by atoms with Crippen molar-refractivity contribution in [2.24, 2.45) is 0 Å². The number of thioether (sulfide) groups is 1. The number of nitrogens with zero attached hydrogens (tertiary/aromatic N) is 1. The second-order valence-electron chi connectivity index (χ2n) is 5.29. The molecular weight excluding hydrogens is 216 g/mol. The summed E-state index contributed by atoms with van der Waals surface area (Å²) in [5.74, 6) is 2.67. The molecule has 0 aliphatic carbocycles. The molecule has 16 heavy (non-hydrogen) atoms. The molecule has 1 unspecified atom stereocenters. The lowest BCUT2D eigenvalue weighted by Gasteiger charge is -2.30. The number of hydrogen-bond donors (Lipinski definition) is 1. The molecule has 0 bridgehead atoms. The van der Waals surface area contributed by atoms with Gasteiger partial charge in [0.1, 0.15) is 0 Å². The van der Waals surface area contributed by atoms with Gasteiger partial charge in [-0.15, -0.1) is 0 Å². The first-order valence-corrected chi connectivity index (χ1v) is 7.83. The van der Waals surface area contributed by atoms with Crippen LogP contribution in [0.3, 0.4) is 0 Å². The van der Waals surface area contributed by atoms with Crippen LogP contribution in [0.25, 0.3) is 0 Å². The SMILES string of the molecule is CC(C)N(CCCNC1CCSC1)C(C)C. The van der Waals surface area contributed by atoms with Crippen molar-refractivity contribution >= 4 is 11.8 Å². The van der Waals surface area contributed by atoms with Crippen molar-refractivity contribution in [3.05, 3.63) is 0 Å². The van der Waals surface area contributed by atoms with Crippen molar-refractivity contribution < 1.29 is 0 Å². The Bertz CT molecular complexity index is 169. The van der Waals surface area contributed by atoms with E-state index in [-0.39, 0.29) is 0 Å². The largest absolute Gasteiger partial charge is 0.313 e. The van der Waals surface area contributed by atoms with Gasteiger partial charge in [-0.3, -0.25) is 4.90 Å². The molecule has 1 heterocycles. The molecule has 0 spiro atoms. The summed E-state index contributed by atoms with van der Waals surface area (Å²) >= 11 is 2.08. The lowest BCUT2D eigenvalue weighted by Crippen LogP contribution is -2.39. The maximum Gasteiger partial charge on any atom is 0.0166 e. The lowest BCUT2D eigenvalue weighted by molar-refractivity contribution is 0.172. The van der Waals surface area contributed by atoms with Gasteiger partial charge in [0.2, 0.25) is 0 Å². The van der Waals surface area contributed by atoms with Crippen LogP contribution in [0, 0.1) is 0 Å². The molecule has 1 aliphatic rings. The number of hydrogen-bond acceptors (Lipinski definition) is 3. The molecule has 0 aromatic carbocycles. The fraction of sp³-hybridized carbons (Fsp3) is 1.00. The number of nitrogens with one attached hydrogen (secondary N) is 1. The summed E-state index contributed by atoms with van der Waals surface area (Å²) in [5, 5.41) is 3.67. The Balaban J connectivity index is 2.08. The smallest absolute Gasteiger partial charge is 0.0166 e. The predicted molar refractivity (Wildman–Crippen MR) is 75.3 cm³/mol. The fourth-order valence-electron chi connectivity index (χ4n) is 2.38. The van der Waals surface area contributed by atoms with Crippen LogP contribution in [0.2, 0.25) is 0 Å². The first kappa shape index (κ1) is 14.3. The Labute approximate surface area is 106 Å². The van der Waals surface area contributed by atoms with E-state index in [1.165, 1.54) is 37.4 Å². The Morgan fingerprint density at radius 3 is 2.44 bits per heavy atom. The van der Waals surface area contributed by atoms with E-state index in [0.29, 0.717) is 12.1 Å². The van der Waals surface area contributed by atoms with Gasteiger partial charge in [0, 0.05) is 23.9 Å². The van der Waals surface area contributed by atoms with E-state index in [1.807, 2.05) is 0 Å². The van der Waals surface area contributed by atoms with Crippen LogP contribution in [0.1, 0.15) is 40.5 Å². The topological polar surface area (TPSA) is 15.3 Å². The van der Waals surface area contributed by atoms with E-state index in [1.54, 1.807) is 0 Å². The average molecular weight is 244 g/mol. The molecular formula is C13H28N2S. The Morgan fingerprint density at radius 2 is 1.94 bits per heavy atom. The second kappa shape index (κ2) is 7.57. The van der Waals surface area contributed by atoms with Crippen molar-refractivity contribution in [1.82, 2.24) is 10.2 Å². The van der Waals surface area contributed by atoms with Crippen molar-refractivity contribution in [3.63, 3.8) is 0 Å². The van der Waals surface area contributed by atoms with Crippen LogP contribution in [-0.2, 0) is 0 Å². The van der Waals surface area contributed by atoms with E-state index >= 15 is 0 Å². The monoisotopic (exact) mass is 244 g/mol. The van der Waals surface area contributed by atoms with Gasteiger partial charge in [-0.1, -0.05) is 0 Å². The van der Waals surface area contributed by atoms with Crippen molar-refractivity contribution in [2.45, 2.75) is 58.7 Å². The van der Waals surface area contributed by atoms with Crippen molar-refractivity contribution in [3.8, 4) is 0 Å². The van der Waals surface area contributed by atoms with Crippen molar-refractivity contribution in [2.75, 3.05) is 24.6 Å². The standard InChI is InChI=1S/C13H28N2S/c1-11(2)15(12(3)4)8-5-7-14-13-6-9-16-10-13/h11-14H,5-10H2,1-4H3. The zero-order chi connectivity index (χ0) is 12.0. The number of rotatable bonds is 7. The van der Waals surface area contributed by atoms with Crippen LogP contribution < -0.4 is 5.32 Å². The van der Waals surface area contributed by atoms with Gasteiger partial charge in [-0.2, -0.15) is 11.8 Å². The zero-order valence-corrected chi connectivity index (χ0v) is 12.1. The summed E-state index contributed by atoms with van der Waals surface area (Å²) in [5.41, 5.74) is 0. The molecule has 2 nitrogen and oxygen atoms in total. The van der Waals surface area contributed by atoms with Gasteiger partial charge in [0.15, 0.2) is 0 Å². The minimum absolute atomic E-state index is 0.669. The maximum absolute atomic E-state index is 3.67. The average Bonchev–Trinajstić information content (AvgIpc) is 2.68. The molecule has 1 atom stereocenters. The molecule has 0 amide bonds. The van der Waals surface area contributed by atoms with E-state index in [4.69, 9.17) is 0 Å². The van der Waals surface area contributed by atoms with E-state index < -0.39 is 0 Å². The first-order chi connectivity index (χ1) is 7.61. The fourth-order valence-corrected chi connectivity index (χ4v) is 3.56. The molecule has 1 aliphatic heterocycles. The van der Waals surface area contributed by atoms with Crippen LogP contribution in [0.4, 0.5) is 0 Å². The third-order valence-corrected chi connectivity index (χ3v) is 4.44. The highest BCUT2D eigenvalue weighted by molar-refractivity contribution is 7.99. The molecule has 0 aromatic heterocycles. The van der Waals surface area contributed by atoms with Crippen molar-refractivity contribution in [1.29, 1.82) is 0 Å². The van der Waals surface area contributed by atoms with Crippen LogP contribution in [0.15, 0.2) is 0 Å². The van der Waals surface area contributed by atoms with Gasteiger partial charge in [0.05, 0.1) is 0 Å². The normalized spacial score (nSPS) is 21.6. The molecule has 3 heteroatoms. The molecule has 0 radical (unpaired) electrons. The minimum Gasteiger partial charge on any atom is -0.313 e. The highest BCUT2D eigenvalue weighted by atomic mass is 32.2. The second-order valence-corrected chi connectivity index (χ2v) is 6.44. The van der Waals surface area contributed by atoms with Gasteiger partial charge in [-0.25, -0.2) is 0 Å². The van der Waals surface area contributed by atoms with E-state index in [0.717, 1.165) is 6.04 Å². The van der Waals surface area contributed by atoms with Crippen LogP contribution in [-0.4, -0.2) is 47.6 Å². The third-order valence-electron chi connectivity index (χ3n) is 3.28. The Hall–Kier alpha value is 0.270. The molecule has 0 saturated carbocycles. The summed E-state index contributed by atoms with van der Waals surface area (Å²) in [7, 11) is 0. The van der Waals surface area contributed by atoms with Gasteiger partial charge >= 0.3 is 0 Å². The Morgan fingerprint density at radius 1 is 1.25 bits per heavy atom. The minimum atomic E-state index is 0.669. The van der Waals surface area contributed by atoms with Crippen LogP contribution in [0.5, 0.6) is 0 Å². The lowest BCUT2D eigenvalue weighted by atomic mass is 10.2. The quantitative estimate of drug-likeness (QED) is 0.693. The summed E-state index contributed by atoms with van der Waals surface area (Å²) in [6.07, 6.45) is 2.64. The predicted octanol–water partition coefficient (Wildman–Crippen LogP) is 2.59. The van der Waals surface area contributed by atoms with E-state index in [2.05, 4.69) is 49.7 Å². The molecule has 1 saturated heterocycles. The Kier molecular flexibility index (Phi) is 6.78. The third kappa shape index (κ3) is 5.07. The molecule has 0 aromatic rings. The molecule has 96 valence electrons. The van der Waals surface area contributed by atoms with Gasteiger partial charge in [-0.05, 0) is 59.4 Å². The van der Waals surface area contributed by atoms with Crippen LogP contribution >= 0.6 is 11.8 Å². The maximum atomic E-state index is 3.67. The summed E-state index contributed by atoms with van der Waals surface area (Å²) in [6, 6.07) is 2.13. The molecule has 1 fully saturated rings. The summed E-state index contributed by atoms with van der Waals surface area (Å²) < 4.78 is 0. The zero-order valence-electron chi connectivity index (χ0n) is 11.3. The first-order valence-electron chi connectivity index (χ1n) is 6.68. The summed E-state index contributed by atoms with van der Waals surface area (Å²) in [4.78, 5) is 2.57. The van der Waals surface area contributed by atoms with Gasteiger partial charge < -0.3 is 5.32 Å². The highest BCUT2D eigenvalue weighted by Gasteiger charge is 2.15. The molecule has 1 N–H and O–H groups in total. The van der Waals surface area contributed by atoms with Gasteiger partial charge in [0.25, 0.3) is 0 Å². The molecule has 1 rings (SSSR count). The highest BCUT2D eigenvalue weighted by Crippen LogP contribution is 2.16. The summed E-state index contributed by atoms with van der Waals surface area (Å²) in [6.45, 7) is 11.6.